The second kappa shape index (κ2) is 8.70. The predicted molar refractivity (Wildman–Crippen MR) is 103 cm³/mol. The summed E-state index contributed by atoms with van der Waals surface area (Å²) in [5.74, 6) is 0.520. The fourth-order valence-corrected chi connectivity index (χ4v) is 3.46. The maximum Gasteiger partial charge on any atom is 0.246 e. The summed E-state index contributed by atoms with van der Waals surface area (Å²) in [7, 11) is 1.60. The van der Waals surface area contributed by atoms with E-state index in [9.17, 15) is 9.59 Å². The summed E-state index contributed by atoms with van der Waals surface area (Å²) in [6.45, 7) is 2.89. The highest BCUT2D eigenvalue weighted by Crippen LogP contribution is 2.31. The Kier molecular flexibility index (Phi) is 6.11. The predicted octanol–water partition coefficient (Wildman–Crippen LogP) is 2.33. The molecular formula is C20H26N4O3. The minimum absolute atomic E-state index is 0.0106. The second-order valence-corrected chi connectivity index (χ2v) is 6.73. The standard InChI is InChI=1S/C20H26N4O3/c1-3-4-7-16-12-24(17-8-5-6-9-18(17)27-2)20(26)14-23(16)19(25)13-22-11-10-21-15-22/h5-6,8-11,15-16H,3-4,7,12-14H2,1-2H3. The molecule has 7 nitrogen and oxygen atoms in total. The molecule has 0 bridgehead atoms. The highest BCUT2D eigenvalue weighted by molar-refractivity contribution is 5.99. The van der Waals surface area contributed by atoms with Gasteiger partial charge in [0.15, 0.2) is 0 Å². The average Bonchev–Trinajstić information content (AvgIpc) is 3.19. The van der Waals surface area contributed by atoms with Gasteiger partial charge in [-0.25, -0.2) is 4.98 Å². The Bertz CT molecular complexity index is 775. The Balaban J connectivity index is 1.81. The van der Waals surface area contributed by atoms with Gasteiger partial charge in [0.2, 0.25) is 11.8 Å². The first-order valence-corrected chi connectivity index (χ1v) is 9.32. The number of unbranched alkanes of at least 4 members (excludes halogenated alkanes) is 1. The molecule has 0 N–H and O–H groups in total. The lowest BCUT2D eigenvalue weighted by Crippen LogP contribution is -2.58. The van der Waals surface area contributed by atoms with Gasteiger partial charge in [0, 0.05) is 18.9 Å². The fourth-order valence-electron chi connectivity index (χ4n) is 3.46. The number of para-hydroxylation sites is 2. The molecule has 2 amide bonds. The summed E-state index contributed by atoms with van der Waals surface area (Å²) in [4.78, 5) is 33.1. The molecule has 1 aromatic heterocycles. The Morgan fingerprint density at radius 2 is 2.15 bits per heavy atom. The number of ether oxygens (including phenoxy) is 1. The van der Waals surface area contributed by atoms with Gasteiger partial charge in [-0.2, -0.15) is 0 Å². The van der Waals surface area contributed by atoms with Crippen molar-refractivity contribution in [2.75, 3.05) is 25.1 Å². The maximum absolute atomic E-state index is 12.9. The van der Waals surface area contributed by atoms with Crippen molar-refractivity contribution in [2.24, 2.45) is 0 Å². The molecule has 1 aromatic carbocycles. The minimum atomic E-state index is -0.0915. The average molecular weight is 370 g/mol. The first-order valence-electron chi connectivity index (χ1n) is 9.32. The van der Waals surface area contributed by atoms with E-state index in [0.717, 1.165) is 24.9 Å². The van der Waals surface area contributed by atoms with Crippen molar-refractivity contribution >= 4 is 17.5 Å². The minimum Gasteiger partial charge on any atom is -0.495 e. The van der Waals surface area contributed by atoms with Crippen LogP contribution < -0.4 is 9.64 Å². The molecule has 2 heterocycles. The Labute approximate surface area is 159 Å². The second-order valence-electron chi connectivity index (χ2n) is 6.73. The van der Waals surface area contributed by atoms with Gasteiger partial charge in [-0.15, -0.1) is 0 Å². The largest absolute Gasteiger partial charge is 0.495 e. The summed E-state index contributed by atoms with van der Waals surface area (Å²) in [6.07, 6.45) is 7.94. The first kappa shape index (κ1) is 18.9. The van der Waals surface area contributed by atoms with Gasteiger partial charge in [-0.05, 0) is 18.6 Å². The quantitative estimate of drug-likeness (QED) is 0.750. The summed E-state index contributed by atoms with van der Waals surface area (Å²) >= 11 is 0. The lowest BCUT2D eigenvalue weighted by atomic mass is 10.0. The Morgan fingerprint density at radius 1 is 1.33 bits per heavy atom. The molecule has 1 aliphatic heterocycles. The van der Waals surface area contributed by atoms with Crippen molar-refractivity contribution in [1.29, 1.82) is 0 Å². The number of methoxy groups -OCH3 is 1. The zero-order chi connectivity index (χ0) is 19.2. The molecule has 1 aliphatic rings. The van der Waals surface area contributed by atoms with E-state index < -0.39 is 0 Å². The van der Waals surface area contributed by atoms with Crippen molar-refractivity contribution in [3.8, 4) is 5.75 Å². The van der Waals surface area contributed by atoms with Crippen LogP contribution in [-0.2, 0) is 16.1 Å². The number of nitrogens with zero attached hydrogens (tertiary/aromatic N) is 4. The number of hydrogen-bond donors (Lipinski definition) is 0. The third-order valence-electron chi connectivity index (χ3n) is 4.90. The van der Waals surface area contributed by atoms with Crippen LogP contribution in [0.15, 0.2) is 43.0 Å². The van der Waals surface area contributed by atoms with Crippen LogP contribution in [0.5, 0.6) is 5.75 Å². The van der Waals surface area contributed by atoms with E-state index in [-0.39, 0.29) is 30.9 Å². The molecule has 1 fully saturated rings. The highest BCUT2D eigenvalue weighted by atomic mass is 16.5. The van der Waals surface area contributed by atoms with Crippen molar-refractivity contribution in [3.63, 3.8) is 0 Å². The van der Waals surface area contributed by atoms with Crippen LogP contribution in [0.2, 0.25) is 0 Å². The summed E-state index contributed by atoms with van der Waals surface area (Å²) in [5.41, 5.74) is 0.758. The number of carbonyl (C=O) groups excluding carboxylic acids is 2. The number of benzene rings is 1. The van der Waals surface area contributed by atoms with Gasteiger partial charge >= 0.3 is 0 Å². The van der Waals surface area contributed by atoms with Gasteiger partial charge in [-0.3, -0.25) is 9.59 Å². The smallest absolute Gasteiger partial charge is 0.246 e. The Morgan fingerprint density at radius 3 is 2.85 bits per heavy atom. The van der Waals surface area contributed by atoms with Gasteiger partial charge in [0.1, 0.15) is 18.8 Å². The van der Waals surface area contributed by atoms with Crippen LogP contribution in [-0.4, -0.2) is 52.5 Å². The summed E-state index contributed by atoms with van der Waals surface area (Å²) in [5, 5.41) is 0. The van der Waals surface area contributed by atoms with Gasteiger partial charge in [0.25, 0.3) is 0 Å². The van der Waals surface area contributed by atoms with E-state index in [1.54, 1.807) is 40.2 Å². The summed E-state index contributed by atoms with van der Waals surface area (Å²) in [6, 6.07) is 7.50. The molecule has 1 saturated heterocycles. The van der Waals surface area contributed by atoms with Crippen LogP contribution in [0, 0.1) is 0 Å². The number of carbonyl (C=O) groups is 2. The SMILES string of the molecule is CCCCC1CN(c2ccccc2OC)C(=O)CN1C(=O)Cn1ccnc1. The van der Waals surface area contributed by atoms with E-state index in [0.29, 0.717) is 12.3 Å². The number of amides is 2. The monoisotopic (exact) mass is 370 g/mol. The molecular weight excluding hydrogens is 344 g/mol. The van der Waals surface area contributed by atoms with E-state index >= 15 is 0 Å². The zero-order valence-corrected chi connectivity index (χ0v) is 15.9. The third-order valence-corrected chi connectivity index (χ3v) is 4.90. The number of hydrogen-bond acceptors (Lipinski definition) is 4. The molecule has 144 valence electrons. The number of rotatable bonds is 7. The lowest BCUT2D eigenvalue weighted by molar-refractivity contribution is -0.140. The van der Waals surface area contributed by atoms with E-state index in [1.807, 2.05) is 24.3 Å². The van der Waals surface area contributed by atoms with E-state index in [1.165, 1.54) is 0 Å². The van der Waals surface area contributed by atoms with Crippen LogP contribution in [0.25, 0.3) is 0 Å². The molecule has 2 aromatic rings. The van der Waals surface area contributed by atoms with Gasteiger partial charge < -0.3 is 19.1 Å². The zero-order valence-electron chi connectivity index (χ0n) is 15.9. The number of anilines is 1. The number of imidazole rings is 1. The van der Waals surface area contributed by atoms with Gasteiger partial charge in [0.05, 0.1) is 25.2 Å². The molecule has 1 unspecified atom stereocenters. The lowest BCUT2D eigenvalue weighted by Gasteiger charge is -2.41. The molecule has 3 rings (SSSR count). The molecule has 0 saturated carbocycles. The van der Waals surface area contributed by atoms with Crippen molar-refractivity contribution < 1.29 is 14.3 Å². The molecule has 0 spiro atoms. The topological polar surface area (TPSA) is 67.7 Å². The molecule has 27 heavy (non-hydrogen) atoms. The first-order chi connectivity index (χ1) is 13.1. The van der Waals surface area contributed by atoms with Crippen LogP contribution in [0.4, 0.5) is 5.69 Å². The fraction of sp³-hybridized carbons (Fsp3) is 0.450. The summed E-state index contributed by atoms with van der Waals surface area (Å²) < 4.78 is 7.16. The normalized spacial score (nSPS) is 17.3. The van der Waals surface area contributed by atoms with Crippen molar-refractivity contribution in [3.05, 3.63) is 43.0 Å². The maximum atomic E-state index is 12.9. The molecule has 0 aliphatic carbocycles. The van der Waals surface area contributed by atoms with E-state index in [2.05, 4.69) is 11.9 Å². The van der Waals surface area contributed by atoms with Crippen LogP contribution in [0.1, 0.15) is 26.2 Å². The molecule has 7 heteroatoms. The number of aromatic nitrogens is 2. The number of piperazine rings is 1. The van der Waals surface area contributed by atoms with Gasteiger partial charge in [-0.1, -0.05) is 31.9 Å². The Hall–Kier alpha value is -2.83. The van der Waals surface area contributed by atoms with Crippen LogP contribution in [0.3, 0.4) is 0 Å². The van der Waals surface area contributed by atoms with E-state index in [4.69, 9.17) is 4.74 Å². The van der Waals surface area contributed by atoms with Crippen molar-refractivity contribution in [1.82, 2.24) is 14.5 Å². The molecule has 0 radical (unpaired) electrons. The third kappa shape index (κ3) is 4.30. The van der Waals surface area contributed by atoms with Crippen LogP contribution >= 0.6 is 0 Å². The van der Waals surface area contributed by atoms with Crippen molar-refractivity contribution in [2.45, 2.75) is 38.8 Å². The molecule has 1 atom stereocenters. The highest BCUT2D eigenvalue weighted by Gasteiger charge is 2.36.